The van der Waals surface area contributed by atoms with Crippen LogP contribution in [0.5, 0.6) is 5.75 Å². The van der Waals surface area contributed by atoms with Crippen molar-refractivity contribution in [2.45, 2.75) is 13.8 Å². The van der Waals surface area contributed by atoms with Crippen LogP contribution in [-0.4, -0.2) is 28.0 Å². The van der Waals surface area contributed by atoms with Crippen molar-refractivity contribution in [1.82, 2.24) is 9.78 Å². The zero-order valence-corrected chi connectivity index (χ0v) is 13.3. The van der Waals surface area contributed by atoms with Crippen LogP contribution in [0.3, 0.4) is 0 Å². The van der Waals surface area contributed by atoms with Gasteiger partial charge in [-0.25, -0.2) is 4.79 Å². The van der Waals surface area contributed by atoms with Gasteiger partial charge in [0.15, 0.2) is 5.69 Å². The van der Waals surface area contributed by atoms with Gasteiger partial charge in [0.25, 0.3) is 0 Å². The van der Waals surface area contributed by atoms with E-state index in [0.717, 1.165) is 32.6 Å². The van der Waals surface area contributed by atoms with E-state index in [1.54, 1.807) is 24.9 Å². The van der Waals surface area contributed by atoms with Gasteiger partial charge in [-0.15, -0.1) is 0 Å². The highest BCUT2D eigenvalue weighted by molar-refractivity contribution is 9.10. The van der Waals surface area contributed by atoms with E-state index in [1.807, 2.05) is 19.9 Å². The first-order chi connectivity index (χ1) is 9.36. The third kappa shape index (κ3) is 2.31. The Hall–Kier alpha value is -1.82. The Kier molecular flexibility index (Phi) is 3.85. The number of halogens is 1. The third-order valence-electron chi connectivity index (χ3n) is 3.22. The second-order valence-electron chi connectivity index (χ2n) is 4.55. The van der Waals surface area contributed by atoms with E-state index in [2.05, 4.69) is 21.0 Å². The number of rotatable bonds is 3. The lowest BCUT2D eigenvalue weighted by Gasteiger charge is -2.15. The van der Waals surface area contributed by atoms with Crippen molar-refractivity contribution in [3.8, 4) is 17.0 Å². The first kappa shape index (κ1) is 14.6. The molecular formula is C14H15BrN2O3. The number of aryl methyl sites for hydroxylation is 2. The molecule has 20 heavy (non-hydrogen) atoms. The van der Waals surface area contributed by atoms with Gasteiger partial charge < -0.3 is 9.84 Å². The summed E-state index contributed by atoms with van der Waals surface area (Å²) in [7, 11) is 3.35. The van der Waals surface area contributed by atoms with Crippen LogP contribution in [0.1, 0.15) is 21.6 Å². The summed E-state index contributed by atoms with van der Waals surface area (Å²) in [6, 6.07) is 3.51. The fourth-order valence-corrected chi connectivity index (χ4v) is 3.19. The van der Waals surface area contributed by atoms with Gasteiger partial charge in [0.1, 0.15) is 5.75 Å². The van der Waals surface area contributed by atoms with Gasteiger partial charge >= 0.3 is 5.97 Å². The van der Waals surface area contributed by atoms with Crippen LogP contribution in [0.2, 0.25) is 0 Å². The molecule has 0 atom stereocenters. The molecule has 5 nitrogen and oxygen atoms in total. The van der Waals surface area contributed by atoms with Gasteiger partial charge in [0.2, 0.25) is 0 Å². The highest BCUT2D eigenvalue weighted by Gasteiger charge is 2.19. The van der Waals surface area contributed by atoms with Crippen molar-refractivity contribution < 1.29 is 14.6 Å². The average Bonchev–Trinajstić information content (AvgIpc) is 2.72. The van der Waals surface area contributed by atoms with Gasteiger partial charge in [-0.3, -0.25) is 4.68 Å². The summed E-state index contributed by atoms with van der Waals surface area (Å²) in [6.07, 6.45) is 0. The van der Waals surface area contributed by atoms with Crippen LogP contribution >= 0.6 is 15.9 Å². The van der Waals surface area contributed by atoms with Crippen molar-refractivity contribution in [1.29, 1.82) is 0 Å². The maximum absolute atomic E-state index is 11.0. The fourth-order valence-electron chi connectivity index (χ4n) is 2.35. The summed E-state index contributed by atoms with van der Waals surface area (Å²) in [5, 5.41) is 13.0. The predicted molar refractivity (Wildman–Crippen MR) is 79.3 cm³/mol. The van der Waals surface area contributed by atoms with E-state index >= 15 is 0 Å². The molecule has 1 aromatic carbocycles. The maximum atomic E-state index is 11.0. The number of carboxylic acid groups (broad SMARTS) is 1. The van der Waals surface area contributed by atoms with Gasteiger partial charge in [0, 0.05) is 22.6 Å². The summed E-state index contributed by atoms with van der Waals surface area (Å²) in [6.45, 7) is 3.91. The Morgan fingerprint density at radius 2 is 2.05 bits per heavy atom. The molecule has 1 N–H and O–H groups in total. The predicted octanol–water partition coefficient (Wildman–Crippen LogP) is 3.17. The van der Waals surface area contributed by atoms with Crippen molar-refractivity contribution in [3.63, 3.8) is 0 Å². The lowest BCUT2D eigenvalue weighted by atomic mass is 10.0. The first-order valence-electron chi connectivity index (χ1n) is 5.98. The van der Waals surface area contributed by atoms with E-state index in [1.165, 1.54) is 0 Å². The topological polar surface area (TPSA) is 64.3 Å². The smallest absolute Gasteiger partial charge is 0.356 e. The summed E-state index contributed by atoms with van der Waals surface area (Å²) >= 11 is 3.53. The summed E-state index contributed by atoms with van der Waals surface area (Å²) < 4.78 is 7.86. The van der Waals surface area contributed by atoms with Gasteiger partial charge in [-0.1, -0.05) is 15.9 Å². The summed E-state index contributed by atoms with van der Waals surface area (Å²) in [5.74, 6) is -0.249. The number of aromatic carboxylic acids is 1. The van der Waals surface area contributed by atoms with Crippen LogP contribution in [0.4, 0.5) is 0 Å². The SMILES string of the molecule is COc1c(C)cc(Br)c(-c2cc(C(=O)O)nn2C)c1C. The van der Waals surface area contributed by atoms with Crippen LogP contribution < -0.4 is 4.74 Å². The zero-order chi connectivity index (χ0) is 15.0. The Morgan fingerprint density at radius 1 is 1.40 bits per heavy atom. The number of carboxylic acids is 1. The molecule has 1 aromatic heterocycles. The van der Waals surface area contributed by atoms with E-state index in [-0.39, 0.29) is 5.69 Å². The summed E-state index contributed by atoms with van der Waals surface area (Å²) in [4.78, 5) is 11.0. The number of methoxy groups -OCH3 is 1. The highest BCUT2D eigenvalue weighted by atomic mass is 79.9. The average molecular weight is 339 g/mol. The number of aromatic nitrogens is 2. The molecule has 0 radical (unpaired) electrons. The highest BCUT2D eigenvalue weighted by Crippen LogP contribution is 2.38. The van der Waals surface area contributed by atoms with Gasteiger partial charge in [-0.2, -0.15) is 5.10 Å². The molecule has 106 valence electrons. The minimum Gasteiger partial charge on any atom is -0.496 e. The number of carbonyl (C=O) groups is 1. The normalized spacial score (nSPS) is 10.7. The minimum absolute atomic E-state index is 0.0216. The molecule has 0 saturated heterocycles. The Balaban J connectivity index is 2.73. The summed E-state index contributed by atoms with van der Waals surface area (Å²) in [5.41, 5.74) is 3.59. The quantitative estimate of drug-likeness (QED) is 0.933. The molecule has 0 aliphatic heterocycles. The monoisotopic (exact) mass is 338 g/mol. The Bertz CT molecular complexity index is 692. The molecular weight excluding hydrogens is 324 g/mol. The van der Waals surface area contributed by atoms with Crippen LogP contribution in [0.15, 0.2) is 16.6 Å². The molecule has 0 bridgehead atoms. The first-order valence-corrected chi connectivity index (χ1v) is 6.77. The van der Waals surface area contributed by atoms with Crippen LogP contribution in [-0.2, 0) is 7.05 Å². The Labute approximate surface area is 125 Å². The van der Waals surface area contributed by atoms with Crippen molar-refractivity contribution in [2.75, 3.05) is 7.11 Å². The van der Waals surface area contributed by atoms with E-state index in [4.69, 9.17) is 9.84 Å². The largest absolute Gasteiger partial charge is 0.496 e. The number of ether oxygens (including phenoxy) is 1. The number of nitrogens with zero attached hydrogens (tertiary/aromatic N) is 2. The Morgan fingerprint density at radius 3 is 2.55 bits per heavy atom. The number of hydrogen-bond donors (Lipinski definition) is 1. The standard InChI is InChI=1S/C14H15BrN2O3/c1-7-5-9(15)12(8(2)13(7)20-4)11-6-10(14(18)19)16-17(11)3/h5-6H,1-4H3,(H,18,19). The van der Waals surface area contributed by atoms with Gasteiger partial charge in [0.05, 0.1) is 12.8 Å². The molecule has 0 aliphatic carbocycles. The number of benzene rings is 1. The zero-order valence-electron chi connectivity index (χ0n) is 11.7. The molecule has 0 fully saturated rings. The number of hydrogen-bond acceptors (Lipinski definition) is 3. The lowest BCUT2D eigenvalue weighted by molar-refractivity contribution is 0.0689. The molecule has 0 saturated carbocycles. The fraction of sp³-hybridized carbons (Fsp3) is 0.286. The minimum atomic E-state index is -1.04. The van der Waals surface area contributed by atoms with Crippen LogP contribution in [0, 0.1) is 13.8 Å². The van der Waals surface area contributed by atoms with Crippen molar-refractivity contribution >= 4 is 21.9 Å². The molecule has 0 unspecified atom stereocenters. The lowest BCUT2D eigenvalue weighted by Crippen LogP contribution is -2.00. The maximum Gasteiger partial charge on any atom is 0.356 e. The molecule has 6 heteroatoms. The van der Waals surface area contributed by atoms with Gasteiger partial charge in [-0.05, 0) is 31.5 Å². The second-order valence-corrected chi connectivity index (χ2v) is 5.41. The van der Waals surface area contributed by atoms with Crippen molar-refractivity contribution in [3.05, 3.63) is 33.4 Å². The molecule has 2 rings (SSSR count). The molecule has 0 spiro atoms. The molecule has 0 aliphatic rings. The van der Waals surface area contributed by atoms with Crippen molar-refractivity contribution in [2.24, 2.45) is 7.05 Å². The molecule has 2 aromatic rings. The molecule has 0 amide bonds. The van der Waals surface area contributed by atoms with E-state index in [0.29, 0.717) is 0 Å². The van der Waals surface area contributed by atoms with Crippen LogP contribution in [0.25, 0.3) is 11.3 Å². The second kappa shape index (κ2) is 5.28. The van der Waals surface area contributed by atoms with E-state index < -0.39 is 5.97 Å². The molecule has 1 heterocycles. The third-order valence-corrected chi connectivity index (χ3v) is 3.84. The van der Waals surface area contributed by atoms with E-state index in [9.17, 15) is 4.79 Å².